The second-order valence-corrected chi connectivity index (χ2v) is 10.3. The van der Waals surface area contributed by atoms with E-state index >= 15 is 0 Å². The summed E-state index contributed by atoms with van der Waals surface area (Å²) >= 11 is 0. The molecule has 4 amide bonds. The molecule has 0 saturated carbocycles. The highest BCUT2D eigenvalue weighted by Gasteiger charge is 2.37. The van der Waals surface area contributed by atoms with Crippen molar-refractivity contribution in [3.05, 3.63) is 107 Å². The molecule has 0 aliphatic carbocycles. The molecule has 3 aromatic carbocycles. The third-order valence-electron chi connectivity index (χ3n) is 7.32. The van der Waals surface area contributed by atoms with Crippen molar-refractivity contribution < 1.29 is 29.0 Å². The van der Waals surface area contributed by atoms with E-state index in [2.05, 4.69) is 16.0 Å². The maximum absolute atomic E-state index is 13.1. The number of rotatable bonds is 9. The Kier molecular flexibility index (Phi) is 10.5. The molecule has 11 heteroatoms. The van der Waals surface area contributed by atoms with Gasteiger partial charge >= 0.3 is 12.2 Å². The van der Waals surface area contributed by atoms with E-state index in [1.807, 2.05) is 60.7 Å². The Bertz CT molecular complexity index is 1430. The number of nitrogens with one attached hydrogen (secondary N) is 4. The molecular formula is C32H35N5O6. The molecule has 1 unspecified atom stereocenters. The van der Waals surface area contributed by atoms with Gasteiger partial charge in [0.15, 0.2) is 0 Å². The van der Waals surface area contributed by atoms with Crippen molar-refractivity contribution in [1.82, 2.24) is 20.9 Å². The zero-order chi connectivity index (χ0) is 30.8. The number of nitrogens with zero attached hydrogens (tertiary/aromatic N) is 1. The zero-order valence-corrected chi connectivity index (χ0v) is 23.8. The maximum Gasteiger partial charge on any atom is 0.413 e. The molecule has 1 aliphatic rings. The minimum absolute atomic E-state index is 0.0382. The zero-order valence-electron chi connectivity index (χ0n) is 23.8. The van der Waals surface area contributed by atoms with Crippen LogP contribution in [0.15, 0.2) is 84.9 Å². The molecule has 1 fully saturated rings. The summed E-state index contributed by atoms with van der Waals surface area (Å²) in [6.07, 6.45) is -0.962. The molecule has 3 atom stereocenters. The molecule has 0 bridgehead atoms. The summed E-state index contributed by atoms with van der Waals surface area (Å²) in [7, 11) is 0. The van der Waals surface area contributed by atoms with E-state index in [9.17, 15) is 24.3 Å². The van der Waals surface area contributed by atoms with Crippen molar-refractivity contribution in [2.75, 3.05) is 6.54 Å². The highest BCUT2D eigenvalue weighted by molar-refractivity contribution is 6.04. The monoisotopic (exact) mass is 585 g/mol. The summed E-state index contributed by atoms with van der Waals surface area (Å²) in [4.78, 5) is 50.8. The molecule has 43 heavy (non-hydrogen) atoms. The average Bonchev–Trinajstić information content (AvgIpc) is 3.03. The van der Waals surface area contributed by atoms with Crippen molar-refractivity contribution in [2.24, 2.45) is 0 Å². The smallest absolute Gasteiger partial charge is 0.413 e. The number of ether oxygens (including phenoxy) is 1. The van der Waals surface area contributed by atoms with Crippen molar-refractivity contribution in [3.63, 3.8) is 0 Å². The summed E-state index contributed by atoms with van der Waals surface area (Å²) in [5.74, 6) is -1.03. The summed E-state index contributed by atoms with van der Waals surface area (Å²) in [5, 5.41) is 25.6. The summed E-state index contributed by atoms with van der Waals surface area (Å²) < 4.78 is 5.14. The van der Waals surface area contributed by atoms with Gasteiger partial charge in [-0.05, 0) is 42.4 Å². The van der Waals surface area contributed by atoms with Crippen LogP contribution >= 0.6 is 0 Å². The van der Waals surface area contributed by atoms with Crippen LogP contribution in [0, 0.1) is 5.41 Å². The largest absolute Gasteiger partial charge is 0.465 e. The van der Waals surface area contributed by atoms with Crippen LogP contribution in [-0.2, 0) is 27.5 Å². The van der Waals surface area contributed by atoms with Crippen molar-refractivity contribution in [1.29, 1.82) is 5.41 Å². The minimum Gasteiger partial charge on any atom is -0.465 e. The van der Waals surface area contributed by atoms with Crippen molar-refractivity contribution >= 4 is 29.8 Å². The number of amides is 4. The Morgan fingerprint density at radius 3 is 2.26 bits per heavy atom. The van der Waals surface area contributed by atoms with Crippen LogP contribution in [0.4, 0.5) is 9.59 Å². The fourth-order valence-corrected chi connectivity index (χ4v) is 4.91. The Balaban J connectivity index is 1.24. The van der Waals surface area contributed by atoms with E-state index in [1.165, 1.54) is 0 Å². The number of benzene rings is 3. The second kappa shape index (κ2) is 14.6. The van der Waals surface area contributed by atoms with Gasteiger partial charge in [-0.1, -0.05) is 84.9 Å². The Hall–Kier alpha value is -5.19. The van der Waals surface area contributed by atoms with Crippen LogP contribution in [0.3, 0.4) is 0 Å². The van der Waals surface area contributed by atoms with Crippen molar-refractivity contribution in [3.8, 4) is 0 Å². The van der Waals surface area contributed by atoms with Gasteiger partial charge in [0.25, 0.3) is 0 Å². The molecule has 1 saturated heterocycles. The number of likely N-dealkylation sites (tertiary alicyclic amines) is 1. The third kappa shape index (κ3) is 8.65. The van der Waals surface area contributed by atoms with Gasteiger partial charge in [0.1, 0.15) is 24.5 Å². The molecule has 0 radical (unpaired) electrons. The van der Waals surface area contributed by atoms with Gasteiger partial charge in [0, 0.05) is 18.7 Å². The van der Waals surface area contributed by atoms with Crippen LogP contribution in [0.1, 0.15) is 47.9 Å². The quantitative estimate of drug-likeness (QED) is 0.189. The van der Waals surface area contributed by atoms with Crippen molar-refractivity contribution in [2.45, 2.75) is 50.9 Å². The molecule has 3 aromatic rings. The molecule has 5 N–H and O–H groups in total. The number of hydrogen-bond donors (Lipinski definition) is 5. The Labute approximate surface area is 249 Å². The first-order chi connectivity index (χ1) is 20.7. The molecule has 0 aromatic heterocycles. The standard InChI is InChI=1S/C32H35N5O6/c1-21(35-30(39)27-18-26(16-17-37(27)32(41)42)24-10-6-3-7-11-24)29(38)34-19-22-12-14-25(15-13-22)28(33)36-31(40)43-20-23-8-4-2-5-9-23/h2-15,21,26-27H,16-20H2,1H3,(H,34,38)(H,35,39)(H,41,42)(H2,33,36,40)/t21?,26-,27+/m0/s1. The molecule has 224 valence electrons. The second-order valence-electron chi connectivity index (χ2n) is 10.3. The molecule has 1 aliphatic heterocycles. The van der Waals surface area contributed by atoms with Crippen LogP contribution in [0.5, 0.6) is 0 Å². The fraction of sp³-hybridized carbons (Fsp3) is 0.281. The van der Waals surface area contributed by atoms with Gasteiger partial charge < -0.3 is 20.5 Å². The average molecular weight is 586 g/mol. The Morgan fingerprint density at radius 2 is 1.60 bits per heavy atom. The van der Waals surface area contributed by atoms with Crippen LogP contribution in [-0.4, -0.2) is 58.5 Å². The van der Waals surface area contributed by atoms with Gasteiger partial charge in [-0.2, -0.15) is 0 Å². The SMILES string of the molecule is CC(NC(=O)[C@H]1C[C@@H](c2ccccc2)CCN1C(=O)O)C(=O)NCc1ccc(C(=N)NC(=O)OCc2ccccc2)cc1. The number of carboxylic acid groups (broad SMARTS) is 1. The van der Waals surface area contributed by atoms with Gasteiger partial charge in [0.2, 0.25) is 11.8 Å². The minimum atomic E-state index is -1.17. The van der Waals surface area contributed by atoms with Gasteiger partial charge in [-0.25, -0.2) is 9.59 Å². The topological polar surface area (TPSA) is 161 Å². The van der Waals surface area contributed by atoms with Gasteiger partial charge in [-0.3, -0.25) is 25.2 Å². The highest BCUT2D eigenvalue weighted by atomic mass is 16.5. The highest BCUT2D eigenvalue weighted by Crippen LogP contribution is 2.31. The number of amidine groups is 1. The lowest BCUT2D eigenvalue weighted by Crippen LogP contribution is -2.56. The first-order valence-electron chi connectivity index (χ1n) is 14.0. The number of piperidine rings is 1. The van der Waals surface area contributed by atoms with Crippen LogP contribution in [0.25, 0.3) is 0 Å². The molecule has 11 nitrogen and oxygen atoms in total. The number of alkyl carbamates (subject to hydrolysis) is 1. The lowest BCUT2D eigenvalue weighted by molar-refractivity contribution is -0.132. The van der Waals surface area contributed by atoms with Gasteiger partial charge in [-0.15, -0.1) is 0 Å². The predicted molar refractivity (Wildman–Crippen MR) is 159 cm³/mol. The third-order valence-corrected chi connectivity index (χ3v) is 7.32. The van der Waals surface area contributed by atoms with E-state index in [-0.39, 0.29) is 31.4 Å². The summed E-state index contributed by atoms with van der Waals surface area (Å²) in [5.41, 5.74) is 3.08. The van der Waals surface area contributed by atoms with E-state index in [4.69, 9.17) is 10.1 Å². The number of carbonyl (C=O) groups excluding carboxylic acids is 3. The first kappa shape index (κ1) is 30.8. The predicted octanol–water partition coefficient (Wildman–Crippen LogP) is 3.99. The number of carbonyl (C=O) groups is 4. The summed E-state index contributed by atoms with van der Waals surface area (Å²) in [6, 6.07) is 23.8. The van der Waals surface area contributed by atoms with E-state index in [0.717, 1.165) is 21.6 Å². The molecule has 0 spiro atoms. The normalized spacial score (nSPS) is 16.8. The summed E-state index contributed by atoms with van der Waals surface area (Å²) in [6.45, 7) is 2.03. The molecule has 4 rings (SSSR count). The fourth-order valence-electron chi connectivity index (χ4n) is 4.91. The van der Waals surface area contributed by atoms with Gasteiger partial charge in [0.05, 0.1) is 0 Å². The molecular weight excluding hydrogens is 550 g/mol. The lowest BCUT2D eigenvalue weighted by atomic mass is 9.85. The lowest BCUT2D eigenvalue weighted by Gasteiger charge is -2.37. The van der Waals surface area contributed by atoms with E-state index < -0.39 is 36.1 Å². The van der Waals surface area contributed by atoms with Crippen LogP contribution in [0.2, 0.25) is 0 Å². The maximum atomic E-state index is 13.1. The van der Waals surface area contributed by atoms with E-state index in [1.54, 1.807) is 31.2 Å². The Morgan fingerprint density at radius 1 is 0.953 bits per heavy atom. The van der Waals surface area contributed by atoms with E-state index in [0.29, 0.717) is 18.4 Å². The first-order valence-corrected chi connectivity index (χ1v) is 14.0. The molecule has 1 heterocycles. The number of hydrogen-bond acceptors (Lipinski definition) is 6. The van der Waals surface area contributed by atoms with Crippen LogP contribution < -0.4 is 16.0 Å².